The van der Waals surface area contributed by atoms with Gasteiger partial charge in [-0.05, 0) is 41.3 Å². The summed E-state index contributed by atoms with van der Waals surface area (Å²) >= 11 is 0. The van der Waals surface area contributed by atoms with Crippen molar-refractivity contribution in [3.8, 4) is 0 Å². The number of nitrogen functional groups attached to an aromatic ring is 1. The summed E-state index contributed by atoms with van der Waals surface area (Å²) < 4.78 is 38.4. The minimum absolute atomic E-state index is 0.0502. The Kier molecular flexibility index (Phi) is 4.32. The van der Waals surface area contributed by atoms with E-state index in [1.54, 1.807) is 12.1 Å². The van der Waals surface area contributed by atoms with Gasteiger partial charge in [0, 0.05) is 18.7 Å². The number of ketones is 1. The molecule has 126 valence electrons. The number of carbonyl (C=O) groups excluding carboxylic acids is 1. The van der Waals surface area contributed by atoms with Crippen LogP contribution < -0.4 is 11.1 Å². The van der Waals surface area contributed by atoms with Crippen molar-refractivity contribution in [1.82, 2.24) is 5.32 Å². The topological polar surface area (TPSA) is 55.1 Å². The summed E-state index contributed by atoms with van der Waals surface area (Å²) in [7, 11) is 0. The van der Waals surface area contributed by atoms with Crippen molar-refractivity contribution < 1.29 is 18.0 Å². The van der Waals surface area contributed by atoms with Crippen LogP contribution in [0.3, 0.4) is 0 Å². The van der Waals surface area contributed by atoms with Gasteiger partial charge < -0.3 is 11.1 Å². The lowest BCUT2D eigenvalue weighted by Gasteiger charge is -2.26. The Labute approximate surface area is 137 Å². The van der Waals surface area contributed by atoms with Gasteiger partial charge in [0.1, 0.15) is 0 Å². The SMILES string of the molecule is Nc1ccc2c(c1)CCNC2C(=O)Cc1cccc(C(F)(F)F)c1. The summed E-state index contributed by atoms with van der Waals surface area (Å²) in [6.07, 6.45) is -3.69. The molecule has 1 aliphatic rings. The van der Waals surface area contributed by atoms with Gasteiger partial charge in [-0.3, -0.25) is 4.79 Å². The summed E-state index contributed by atoms with van der Waals surface area (Å²) in [5.74, 6) is -0.153. The number of hydrogen-bond donors (Lipinski definition) is 2. The van der Waals surface area contributed by atoms with Crippen LogP contribution in [0.5, 0.6) is 0 Å². The third-order valence-corrected chi connectivity index (χ3v) is 4.18. The van der Waals surface area contributed by atoms with Gasteiger partial charge in [-0.25, -0.2) is 0 Å². The highest BCUT2D eigenvalue weighted by molar-refractivity contribution is 5.88. The van der Waals surface area contributed by atoms with Gasteiger partial charge >= 0.3 is 6.18 Å². The molecule has 3 N–H and O–H groups in total. The average Bonchev–Trinajstić information content (AvgIpc) is 2.53. The number of fused-ring (bicyclic) bond motifs is 1. The minimum atomic E-state index is -4.41. The predicted octanol–water partition coefficient (Wildman–Crippen LogP) is 3.29. The van der Waals surface area contributed by atoms with Crippen molar-refractivity contribution in [3.05, 3.63) is 64.7 Å². The molecule has 6 heteroatoms. The molecule has 0 amide bonds. The van der Waals surface area contributed by atoms with Crippen molar-refractivity contribution in [2.24, 2.45) is 0 Å². The molecule has 1 atom stereocenters. The molecule has 0 spiro atoms. The molecule has 2 aromatic rings. The Morgan fingerprint density at radius 3 is 2.75 bits per heavy atom. The second-order valence-corrected chi connectivity index (χ2v) is 5.94. The molecule has 24 heavy (non-hydrogen) atoms. The molecule has 0 aromatic heterocycles. The van der Waals surface area contributed by atoms with E-state index in [-0.39, 0.29) is 12.2 Å². The number of halogens is 3. The van der Waals surface area contributed by atoms with E-state index in [4.69, 9.17) is 5.73 Å². The lowest BCUT2D eigenvalue weighted by atomic mass is 9.89. The van der Waals surface area contributed by atoms with Gasteiger partial charge in [-0.15, -0.1) is 0 Å². The Hall–Kier alpha value is -2.34. The highest BCUT2D eigenvalue weighted by Gasteiger charge is 2.31. The second-order valence-electron chi connectivity index (χ2n) is 5.94. The maximum absolute atomic E-state index is 12.8. The Bertz CT molecular complexity index is 771. The molecule has 3 rings (SSSR count). The number of nitrogens with one attached hydrogen (secondary N) is 1. The molecule has 0 aliphatic carbocycles. The predicted molar refractivity (Wildman–Crippen MR) is 85.5 cm³/mol. The highest BCUT2D eigenvalue weighted by atomic mass is 19.4. The molecule has 0 fully saturated rings. The van der Waals surface area contributed by atoms with Crippen LogP contribution in [0.4, 0.5) is 18.9 Å². The third kappa shape index (κ3) is 3.43. The van der Waals surface area contributed by atoms with Gasteiger partial charge in [0.2, 0.25) is 0 Å². The number of benzene rings is 2. The van der Waals surface area contributed by atoms with E-state index in [0.29, 0.717) is 17.8 Å². The van der Waals surface area contributed by atoms with E-state index in [1.807, 2.05) is 12.1 Å². The third-order valence-electron chi connectivity index (χ3n) is 4.18. The Morgan fingerprint density at radius 2 is 2.00 bits per heavy atom. The number of nitrogens with two attached hydrogens (primary N) is 1. The monoisotopic (exact) mass is 334 g/mol. The zero-order valence-electron chi connectivity index (χ0n) is 12.9. The number of hydrogen-bond acceptors (Lipinski definition) is 3. The van der Waals surface area contributed by atoms with Gasteiger partial charge in [0.15, 0.2) is 5.78 Å². The zero-order chi connectivity index (χ0) is 17.3. The molecule has 0 saturated carbocycles. The van der Waals surface area contributed by atoms with Crippen LogP contribution in [0, 0.1) is 0 Å². The maximum Gasteiger partial charge on any atom is 0.416 e. The largest absolute Gasteiger partial charge is 0.416 e. The Balaban J connectivity index is 1.82. The lowest BCUT2D eigenvalue weighted by molar-refractivity contribution is -0.137. The summed E-state index contributed by atoms with van der Waals surface area (Å²) in [5, 5.41) is 3.15. The van der Waals surface area contributed by atoms with Crippen molar-refractivity contribution >= 4 is 11.5 Å². The Morgan fingerprint density at radius 1 is 1.21 bits per heavy atom. The van der Waals surface area contributed by atoms with Crippen LogP contribution in [-0.2, 0) is 23.8 Å². The van der Waals surface area contributed by atoms with E-state index in [9.17, 15) is 18.0 Å². The standard InChI is InChI=1S/C18H17F3N2O/c19-18(20,21)13-3-1-2-11(8-13)9-16(24)17-15-5-4-14(22)10-12(15)6-7-23-17/h1-5,8,10,17,23H,6-7,9,22H2. The smallest absolute Gasteiger partial charge is 0.399 e. The first-order valence-corrected chi connectivity index (χ1v) is 7.65. The molecule has 1 unspecified atom stereocenters. The number of rotatable bonds is 3. The van der Waals surface area contributed by atoms with E-state index in [0.717, 1.165) is 29.7 Å². The van der Waals surface area contributed by atoms with E-state index < -0.39 is 17.8 Å². The first-order valence-electron chi connectivity index (χ1n) is 7.65. The summed E-state index contributed by atoms with van der Waals surface area (Å²) in [6, 6.07) is 9.79. The number of carbonyl (C=O) groups is 1. The minimum Gasteiger partial charge on any atom is -0.399 e. The van der Waals surface area contributed by atoms with Gasteiger partial charge in [0.05, 0.1) is 11.6 Å². The van der Waals surface area contributed by atoms with Crippen LogP contribution >= 0.6 is 0 Å². The van der Waals surface area contributed by atoms with Crippen LogP contribution in [-0.4, -0.2) is 12.3 Å². The molecular formula is C18H17F3N2O. The summed E-state index contributed by atoms with van der Waals surface area (Å²) in [4.78, 5) is 12.6. The van der Waals surface area contributed by atoms with Gasteiger partial charge in [-0.2, -0.15) is 13.2 Å². The quantitative estimate of drug-likeness (QED) is 0.847. The van der Waals surface area contributed by atoms with Crippen LogP contribution in [0.2, 0.25) is 0 Å². The normalized spacial score (nSPS) is 17.4. The number of Topliss-reactive ketones (excluding diaryl/α,β-unsaturated/α-hetero) is 1. The molecule has 3 nitrogen and oxygen atoms in total. The van der Waals surface area contributed by atoms with E-state index in [1.165, 1.54) is 6.07 Å². The van der Waals surface area contributed by atoms with Crippen molar-refractivity contribution in [2.45, 2.75) is 25.1 Å². The fourth-order valence-electron chi connectivity index (χ4n) is 3.03. The first-order chi connectivity index (χ1) is 11.3. The molecule has 0 saturated heterocycles. The lowest BCUT2D eigenvalue weighted by Crippen LogP contribution is -2.36. The molecule has 2 aromatic carbocycles. The molecular weight excluding hydrogens is 317 g/mol. The van der Waals surface area contributed by atoms with E-state index >= 15 is 0 Å². The molecule has 1 heterocycles. The van der Waals surface area contributed by atoms with Crippen LogP contribution in [0.15, 0.2) is 42.5 Å². The molecule has 0 bridgehead atoms. The van der Waals surface area contributed by atoms with Crippen LogP contribution in [0.25, 0.3) is 0 Å². The number of anilines is 1. The maximum atomic E-state index is 12.8. The molecule has 1 aliphatic heterocycles. The van der Waals surface area contributed by atoms with Crippen molar-refractivity contribution in [2.75, 3.05) is 12.3 Å². The van der Waals surface area contributed by atoms with Crippen molar-refractivity contribution in [3.63, 3.8) is 0 Å². The first kappa shape index (κ1) is 16.5. The summed E-state index contributed by atoms with van der Waals surface area (Å²) in [5.41, 5.74) is 7.90. The average molecular weight is 334 g/mol. The van der Waals surface area contributed by atoms with Crippen LogP contribution in [0.1, 0.15) is 28.3 Å². The zero-order valence-corrected chi connectivity index (χ0v) is 12.9. The van der Waals surface area contributed by atoms with Crippen molar-refractivity contribution in [1.29, 1.82) is 0 Å². The fourth-order valence-corrected chi connectivity index (χ4v) is 3.03. The highest BCUT2D eigenvalue weighted by Crippen LogP contribution is 2.30. The fraction of sp³-hybridized carbons (Fsp3) is 0.278. The summed E-state index contributed by atoms with van der Waals surface area (Å²) in [6.45, 7) is 0.634. The van der Waals surface area contributed by atoms with Gasteiger partial charge in [0.25, 0.3) is 0 Å². The molecule has 0 radical (unpaired) electrons. The number of alkyl halides is 3. The van der Waals surface area contributed by atoms with E-state index in [2.05, 4.69) is 5.32 Å². The second kappa shape index (κ2) is 6.28. The van der Waals surface area contributed by atoms with Gasteiger partial charge in [-0.1, -0.05) is 24.3 Å².